The van der Waals surface area contributed by atoms with Crippen molar-refractivity contribution in [2.75, 3.05) is 36.5 Å². The van der Waals surface area contributed by atoms with Crippen LogP contribution in [0.4, 0.5) is 16.0 Å². The van der Waals surface area contributed by atoms with E-state index in [-0.39, 0.29) is 35.4 Å². The Morgan fingerprint density at radius 3 is 2.68 bits per heavy atom. The molecule has 0 unspecified atom stereocenters. The minimum Gasteiger partial charge on any atom is -0.487 e. The number of halogens is 1. The van der Waals surface area contributed by atoms with Gasteiger partial charge in [0.15, 0.2) is 11.6 Å². The summed E-state index contributed by atoms with van der Waals surface area (Å²) < 4.78 is 23.0. The molecule has 180 valence electrons. The predicted octanol–water partition coefficient (Wildman–Crippen LogP) is 3.32. The average molecular weight is 470 g/mol. The smallest absolute Gasteiger partial charge is 0.341 e. The van der Waals surface area contributed by atoms with Crippen molar-refractivity contribution in [2.24, 2.45) is 0 Å². The number of carbonyl (C=O) groups is 1. The van der Waals surface area contributed by atoms with Crippen LogP contribution in [-0.4, -0.2) is 58.4 Å². The summed E-state index contributed by atoms with van der Waals surface area (Å²) in [4.78, 5) is 36.8. The van der Waals surface area contributed by atoms with E-state index < -0.39 is 17.2 Å². The molecule has 1 aromatic carbocycles. The second-order valence-electron chi connectivity index (χ2n) is 8.22. The van der Waals surface area contributed by atoms with Crippen LogP contribution < -0.4 is 20.0 Å². The molecule has 0 spiro atoms. The Kier molecular flexibility index (Phi) is 6.41. The highest BCUT2D eigenvalue weighted by molar-refractivity contribution is 5.97. The van der Waals surface area contributed by atoms with E-state index in [0.29, 0.717) is 30.2 Å². The van der Waals surface area contributed by atoms with Crippen molar-refractivity contribution in [1.82, 2.24) is 14.5 Å². The Morgan fingerprint density at radius 1 is 1.29 bits per heavy atom. The fraction of sp³-hybridized carbons (Fsp3) is 0.417. The summed E-state index contributed by atoms with van der Waals surface area (Å²) in [5.41, 5.74) is -0.368. The molecule has 0 bridgehead atoms. The highest BCUT2D eigenvalue weighted by Crippen LogP contribution is 2.43. The molecule has 1 fully saturated rings. The molecule has 34 heavy (non-hydrogen) atoms. The minimum absolute atomic E-state index is 0.0123. The van der Waals surface area contributed by atoms with E-state index in [9.17, 15) is 14.7 Å². The molecule has 9 nitrogen and oxygen atoms in total. The van der Waals surface area contributed by atoms with Crippen molar-refractivity contribution >= 4 is 28.5 Å². The summed E-state index contributed by atoms with van der Waals surface area (Å²) in [5, 5.41) is 9.44. The Bertz CT molecular complexity index is 1280. The summed E-state index contributed by atoms with van der Waals surface area (Å²) >= 11 is 0. The first-order valence-electron chi connectivity index (χ1n) is 11.4. The van der Waals surface area contributed by atoms with Crippen molar-refractivity contribution in [1.29, 1.82) is 0 Å². The Hall–Kier alpha value is -3.69. The maximum atomic E-state index is 15.4. The van der Waals surface area contributed by atoms with Crippen molar-refractivity contribution in [3.63, 3.8) is 0 Å². The van der Waals surface area contributed by atoms with Crippen LogP contribution in [0, 0.1) is 5.82 Å². The van der Waals surface area contributed by atoms with Crippen molar-refractivity contribution < 1.29 is 19.0 Å². The SMILES string of the molecule is CC.C[C@H]1COc2c(N3CC[C@@H](N(C)c4ncccn4)C3)c(F)cc3c(=O)c(C(=O)O)cn1c23. The van der Waals surface area contributed by atoms with E-state index in [2.05, 4.69) is 9.97 Å². The number of benzene rings is 1. The fourth-order valence-corrected chi connectivity index (χ4v) is 4.56. The third-order valence-electron chi connectivity index (χ3n) is 6.27. The molecule has 2 atom stereocenters. The van der Waals surface area contributed by atoms with Gasteiger partial charge in [0, 0.05) is 38.7 Å². The van der Waals surface area contributed by atoms with Crippen LogP contribution in [0.2, 0.25) is 0 Å². The number of hydrogen-bond donors (Lipinski definition) is 1. The number of ether oxygens (including phenoxy) is 1. The number of rotatable bonds is 4. The first kappa shape index (κ1) is 23.5. The minimum atomic E-state index is -1.33. The van der Waals surface area contributed by atoms with Gasteiger partial charge in [0.2, 0.25) is 11.4 Å². The molecule has 0 radical (unpaired) electrons. The van der Waals surface area contributed by atoms with E-state index in [1.165, 1.54) is 6.20 Å². The lowest BCUT2D eigenvalue weighted by molar-refractivity contribution is 0.0694. The van der Waals surface area contributed by atoms with Crippen molar-refractivity contribution in [2.45, 2.75) is 39.3 Å². The lowest BCUT2D eigenvalue weighted by atomic mass is 10.1. The van der Waals surface area contributed by atoms with Crippen molar-refractivity contribution in [3.8, 4) is 5.75 Å². The van der Waals surface area contributed by atoms with E-state index >= 15 is 4.39 Å². The topological polar surface area (TPSA) is 101 Å². The van der Waals surface area contributed by atoms with Crippen LogP contribution in [-0.2, 0) is 0 Å². The molecule has 2 aliphatic rings. The van der Waals surface area contributed by atoms with Gasteiger partial charge in [0.05, 0.1) is 23.0 Å². The number of anilines is 2. The van der Waals surface area contributed by atoms with Gasteiger partial charge in [-0.15, -0.1) is 0 Å². The van der Waals surface area contributed by atoms with Gasteiger partial charge in [-0.1, -0.05) is 13.8 Å². The highest BCUT2D eigenvalue weighted by atomic mass is 19.1. The van der Waals surface area contributed by atoms with E-state index in [0.717, 1.165) is 12.5 Å². The van der Waals surface area contributed by atoms with E-state index in [4.69, 9.17) is 4.74 Å². The van der Waals surface area contributed by atoms with Crippen LogP contribution >= 0.6 is 0 Å². The number of pyridine rings is 1. The van der Waals surface area contributed by atoms with Gasteiger partial charge in [-0.2, -0.15) is 0 Å². The number of carboxylic acid groups (broad SMARTS) is 1. The zero-order valence-electron chi connectivity index (χ0n) is 19.7. The Balaban J connectivity index is 0.00000133. The Labute approximate surface area is 196 Å². The maximum Gasteiger partial charge on any atom is 0.341 e. The largest absolute Gasteiger partial charge is 0.487 e. The number of aromatic carboxylic acids is 1. The summed E-state index contributed by atoms with van der Waals surface area (Å²) in [5.74, 6) is -1.06. The second kappa shape index (κ2) is 9.28. The van der Waals surface area contributed by atoms with E-state index in [1.807, 2.05) is 37.6 Å². The molecule has 10 heteroatoms. The fourth-order valence-electron chi connectivity index (χ4n) is 4.56. The van der Waals surface area contributed by atoms with Crippen LogP contribution in [0.15, 0.2) is 35.5 Å². The van der Waals surface area contributed by atoms with Gasteiger partial charge in [0.25, 0.3) is 0 Å². The predicted molar refractivity (Wildman–Crippen MR) is 128 cm³/mol. The van der Waals surface area contributed by atoms with Gasteiger partial charge in [-0.3, -0.25) is 4.79 Å². The molecule has 0 saturated carbocycles. The number of nitrogens with zero attached hydrogens (tertiary/aromatic N) is 5. The van der Waals surface area contributed by atoms with Crippen LogP contribution in [0.5, 0.6) is 5.75 Å². The molecule has 2 aromatic heterocycles. The normalized spacial score (nSPS) is 18.8. The molecule has 1 N–H and O–H groups in total. The lowest BCUT2D eigenvalue weighted by Crippen LogP contribution is -2.36. The third kappa shape index (κ3) is 3.82. The number of aromatic nitrogens is 3. The molecule has 0 aliphatic carbocycles. The summed E-state index contributed by atoms with van der Waals surface area (Å²) in [6.45, 7) is 7.23. The van der Waals surface area contributed by atoms with Crippen LogP contribution in [0.25, 0.3) is 10.9 Å². The van der Waals surface area contributed by atoms with Gasteiger partial charge < -0.3 is 24.2 Å². The van der Waals surface area contributed by atoms with Gasteiger partial charge in [-0.05, 0) is 25.5 Å². The molecule has 0 amide bonds. The van der Waals surface area contributed by atoms with Crippen molar-refractivity contribution in [3.05, 3.63) is 52.3 Å². The molecule has 1 saturated heterocycles. The maximum absolute atomic E-state index is 15.4. The standard InChI is InChI=1S/C22H22FN5O4.C2H6/c1-12-11-32-20-17-14(19(29)15(21(30)31)10-28(12)17)8-16(23)18(20)27-7-4-13(9-27)26(2)22-24-5-3-6-25-22;1-2/h3,5-6,8,10,12-13H,4,7,9,11H2,1-2H3,(H,30,31);1-2H3/t12-,13+;/m0./s1. The Morgan fingerprint density at radius 2 is 2.00 bits per heavy atom. The van der Waals surface area contributed by atoms with Crippen LogP contribution in [0.3, 0.4) is 0 Å². The number of likely N-dealkylation sites (N-methyl/N-ethyl adjacent to an activating group) is 1. The van der Waals surface area contributed by atoms with Crippen LogP contribution in [0.1, 0.15) is 43.6 Å². The summed E-state index contributed by atoms with van der Waals surface area (Å²) in [7, 11) is 1.91. The van der Waals surface area contributed by atoms with Gasteiger partial charge in [-0.25, -0.2) is 19.2 Å². The highest BCUT2D eigenvalue weighted by Gasteiger charge is 2.34. The number of carboxylic acids is 1. The molecular weight excluding hydrogens is 441 g/mol. The molecule has 4 heterocycles. The monoisotopic (exact) mass is 469 g/mol. The summed E-state index contributed by atoms with van der Waals surface area (Å²) in [6, 6.07) is 2.76. The quantitative estimate of drug-likeness (QED) is 0.621. The lowest BCUT2D eigenvalue weighted by Gasteiger charge is -2.31. The first-order valence-corrected chi connectivity index (χ1v) is 11.4. The van der Waals surface area contributed by atoms with Gasteiger partial charge in [0.1, 0.15) is 17.9 Å². The number of hydrogen-bond acceptors (Lipinski definition) is 7. The van der Waals surface area contributed by atoms with Gasteiger partial charge >= 0.3 is 5.97 Å². The molecule has 5 rings (SSSR count). The molecule has 2 aliphatic heterocycles. The zero-order chi connectivity index (χ0) is 24.6. The second-order valence-corrected chi connectivity index (χ2v) is 8.22. The van der Waals surface area contributed by atoms with E-state index in [1.54, 1.807) is 23.0 Å². The average Bonchev–Trinajstić information content (AvgIpc) is 3.33. The summed E-state index contributed by atoms with van der Waals surface area (Å²) in [6.07, 6.45) is 5.46. The molecule has 3 aromatic rings. The first-order chi connectivity index (χ1) is 16.4. The molecular formula is C24H28FN5O4. The zero-order valence-corrected chi connectivity index (χ0v) is 19.7. The third-order valence-corrected chi connectivity index (χ3v) is 6.27.